The number of nitrogens with zero attached hydrogens (tertiary/aromatic N) is 2. The SMILES string of the molecule is O=C(CN1CSCC1=O)N1CCC(Sc2ccccc2F)CC1. The van der Waals surface area contributed by atoms with Crippen molar-refractivity contribution < 1.29 is 14.0 Å². The van der Waals surface area contributed by atoms with E-state index in [-0.39, 0.29) is 24.2 Å². The normalized spacial score (nSPS) is 19.4. The molecule has 0 atom stereocenters. The lowest BCUT2D eigenvalue weighted by molar-refractivity contribution is -0.138. The van der Waals surface area contributed by atoms with E-state index in [2.05, 4.69) is 0 Å². The van der Waals surface area contributed by atoms with E-state index in [1.807, 2.05) is 11.0 Å². The van der Waals surface area contributed by atoms with Gasteiger partial charge in [-0.1, -0.05) is 12.1 Å². The average molecular weight is 354 g/mol. The summed E-state index contributed by atoms with van der Waals surface area (Å²) < 4.78 is 13.7. The molecule has 2 fully saturated rings. The van der Waals surface area contributed by atoms with Gasteiger partial charge in [0.2, 0.25) is 11.8 Å². The van der Waals surface area contributed by atoms with E-state index < -0.39 is 0 Å². The molecule has 2 amide bonds. The molecule has 0 radical (unpaired) electrons. The van der Waals surface area contributed by atoms with Gasteiger partial charge >= 0.3 is 0 Å². The number of piperidine rings is 1. The van der Waals surface area contributed by atoms with Crippen LogP contribution in [0.4, 0.5) is 4.39 Å². The second kappa shape index (κ2) is 7.57. The average Bonchev–Trinajstić information content (AvgIpc) is 2.95. The van der Waals surface area contributed by atoms with Crippen molar-refractivity contribution in [1.82, 2.24) is 9.80 Å². The Balaban J connectivity index is 1.47. The second-order valence-corrected chi connectivity index (χ2v) is 7.99. The number of hydrogen-bond acceptors (Lipinski definition) is 4. The number of rotatable bonds is 4. The van der Waals surface area contributed by atoms with E-state index in [0.717, 1.165) is 12.8 Å². The third-order valence-electron chi connectivity index (χ3n) is 4.08. The van der Waals surface area contributed by atoms with Crippen molar-refractivity contribution in [3.8, 4) is 0 Å². The first kappa shape index (κ1) is 16.6. The molecule has 0 saturated carbocycles. The highest BCUT2D eigenvalue weighted by molar-refractivity contribution is 8.00. The van der Waals surface area contributed by atoms with Crippen molar-refractivity contribution in [2.24, 2.45) is 0 Å². The zero-order valence-corrected chi connectivity index (χ0v) is 14.4. The van der Waals surface area contributed by atoms with Gasteiger partial charge in [-0.3, -0.25) is 9.59 Å². The second-order valence-electron chi connectivity index (χ2n) is 5.70. The molecule has 2 aliphatic heterocycles. The number of thioether (sulfide) groups is 2. The lowest BCUT2D eigenvalue weighted by Crippen LogP contribution is -2.45. The molecule has 2 aliphatic rings. The molecule has 124 valence electrons. The highest BCUT2D eigenvalue weighted by Gasteiger charge is 2.28. The molecule has 0 bridgehead atoms. The Labute approximate surface area is 143 Å². The summed E-state index contributed by atoms with van der Waals surface area (Å²) in [5.74, 6) is 0.989. The Morgan fingerprint density at radius 1 is 1.30 bits per heavy atom. The van der Waals surface area contributed by atoms with E-state index in [4.69, 9.17) is 0 Å². The third-order valence-corrected chi connectivity index (χ3v) is 6.41. The van der Waals surface area contributed by atoms with E-state index in [0.29, 0.717) is 34.9 Å². The maximum absolute atomic E-state index is 13.7. The van der Waals surface area contributed by atoms with Crippen LogP contribution < -0.4 is 0 Å². The summed E-state index contributed by atoms with van der Waals surface area (Å²) in [6, 6.07) is 6.81. The standard InChI is InChI=1S/C16H19FN2O2S2/c17-13-3-1-2-4-14(13)23-12-5-7-18(8-6-12)15(20)9-19-11-22-10-16(19)21/h1-4,12H,5-11H2. The Morgan fingerprint density at radius 3 is 2.70 bits per heavy atom. The molecule has 23 heavy (non-hydrogen) atoms. The minimum absolute atomic E-state index is 0.0233. The van der Waals surface area contributed by atoms with Gasteiger partial charge in [-0.25, -0.2) is 4.39 Å². The van der Waals surface area contributed by atoms with Gasteiger partial charge in [0.15, 0.2) is 0 Å². The first-order chi connectivity index (χ1) is 11.1. The maximum atomic E-state index is 13.7. The molecular formula is C16H19FN2O2S2. The number of carbonyl (C=O) groups is 2. The van der Waals surface area contributed by atoms with Gasteiger partial charge in [-0.15, -0.1) is 23.5 Å². The fourth-order valence-electron chi connectivity index (χ4n) is 2.75. The molecule has 0 unspecified atom stereocenters. The minimum Gasteiger partial charge on any atom is -0.341 e. The maximum Gasteiger partial charge on any atom is 0.242 e. The molecule has 7 heteroatoms. The summed E-state index contributed by atoms with van der Waals surface area (Å²) in [5.41, 5.74) is 0. The van der Waals surface area contributed by atoms with Crippen molar-refractivity contribution in [2.75, 3.05) is 31.3 Å². The van der Waals surface area contributed by atoms with Crippen molar-refractivity contribution in [2.45, 2.75) is 23.0 Å². The largest absolute Gasteiger partial charge is 0.341 e. The van der Waals surface area contributed by atoms with E-state index in [1.165, 1.54) is 6.07 Å². The first-order valence-corrected chi connectivity index (χ1v) is 9.71. The van der Waals surface area contributed by atoms with Crippen LogP contribution >= 0.6 is 23.5 Å². The first-order valence-electron chi connectivity index (χ1n) is 7.68. The molecule has 2 saturated heterocycles. The molecule has 4 nitrogen and oxygen atoms in total. The molecule has 3 rings (SSSR count). The van der Waals surface area contributed by atoms with Crippen molar-refractivity contribution >= 4 is 35.3 Å². The predicted octanol–water partition coefficient (Wildman–Crippen LogP) is 2.44. The van der Waals surface area contributed by atoms with E-state index in [1.54, 1.807) is 40.6 Å². The fraction of sp³-hybridized carbons (Fsp3) is 0.500. The van der Waals surface area contributed by atoms with Gasteiger partial charge in [0.25, 0.3) is 0 Å². The van der Waals surface area contributed by atoms with Crippen LogP contribution in [0.5, 0.6) is 0 Å². The Morgan fingerprint density at radius 2 is 2.04 bits per heavy atom. The van der Waals surface area contributed by atoms with Crippen LogP contribution in [-0.2, 0) is 9.59 Å². The van der Waals surface area contributed by atoms with Gasteiger partial charge in [0.1, 0.15) is 12.4 Å². The zero-order valence-electron chi connectivity index (χ0n) is 12.7. The van der Waals surface area contributed by atoms with Gasteiger partial charge in [0.05, 0.1) is 11.6 Å². The number of amides is 2. The van der Waals surface area contributed by atoms with Gasteiger partial charge in [-0.2, -0.15) is 0 Å². The quantitative estimate of drug-likeness (QED) is 0.833. The van der Waals surface area contributed by atoms with Crippen LogP contribution in [0.2, 0.25) is 0 Å². The predicted molar refractivity (Wildman–Crippen MR) is 90.9 cm³/mol. The summed E-state index contributed by atoms with van der Waals surface area (Å²) in [5, 5.41) is 0.333. The lowest BCUT2D eigenvalue weighted by atomic mass is 10.1. The van der Waals surface area contributed by atoms with Crippen LogP contribution in [0.15, 0.2) is 29.2 Å². The van der Waals surface area contributed by atoms with E-state index >= 15 is 0 Å². The number of hydrogen-bond donors (Lipinski definition) is 0. The zero-order chi connectivity index (χ0) is 16.2. The summed E-state index contributed by atoms with van der Waals surface area (Å²) in [4.78, 5) is 28.0. The number of likely N-dealkylation sites (tertiary alicyclic amines) is 1. The number of halogens is 1. The Bertz CT molecular complexity index is 591. The Hall–Kier alpha value is -1.21. The smallest absolute Gasteiger partial charge is 0.242 e. The van der Waals surface area contributed by atoms with Crippen LogP contribution in [0.25, 0.3) is 0 Å². The van der Waals surface area contributed by atoms with Gasteiger partial charge in [0, 0.05) is 23.2 Å². The number of carbonyl (C=O) groups excluding carboxylic acids is 2. The lowest BCUT2D eigenvalue weighted by Gasteiger charge is -2.32. The van der Waals surface area contributed by atoms with Crippen molar-refractivity contribution in [3.63, 3.8) is 0 Å². The summed E-state index contributed by atoms with van der Waals surface area (Å²) in [6.07, 6.45) is 1.71. The van der Waals surface area contributed by atoms with Gasteiger partial charge < -0.3 is 9.80 Å². The monoisotopic (exact) mass is 354 g/mol. The summed E-state index contributed by atoms with van der Waals surface area (Å²) in [6.45, 7) is 1.55. The molecule has 0 aliphatic carbocycles. The molecule has 1 aromatic carbocycles. The Kier molecular flexibility index (Phi) is 5.48. The molecular weight excluding hydrogens is 335 g/mol. The van der Waals surface area contributed by atoms with Crippen LogP contribution in [0.3, 0.4) is 0 Å². The van der Waals surface area contributed by atoms with Crippen LogP contribution in [-0.4, -0.2) is 58.1 Å². The third kappa shape index (κ3) is 4.20. The number of benzene rings is 1. The van der Waals surface area contributed by atoms with Crippen LogP contribution in [0, 0.1) is 5.82 Å². The highest BCUT2D eigenvalue weighted by atomic mass is 32.2. The highest BCUT2D eigenvalue weighted by Crippen LogP contribution is 2.32. The van der Waals surface area contributed by atoms with E-state index in [9.17, 15) is 14.0 Å². The molecule has 2 heterocycles. The van der Waals surface area contributed by atoms with Crippen molar-refractivity contribution in [1.29, 1.82) is 0 Å². The topological polar surface area (TPSA) is 40.6 Å². The molecule has 0 N–H and O–H groups in total. The molecule has 0 spiro atoms. The minimum atomic E-state index is -0.180. The van der Waals surface area contributed by atoms with Crippen LogP contribution in [0.1, 0.15) is 12.8 Å². The van der Waals surface area contributed by atoms with Gasteiger partial charge in [-0.05, 0) is 25.0 Å². The molecule has 0 aromatic heterocycles. The van der Waals surface area contributed by atoms with Crippen molar-refractivity contribution in [3.05, 3.63) is 30.1 Å². The fourth-order valence-corrected chi connectivity index (χ4v) is 4.79. The summed E-state index contributed by atoms with van der Waals surface area (Å²) >= 11 is 3.11. The summed E-state index contributed by atoms with van der Waals surface area (Å²) in [7, 11) is 0. The molecule has 1 aromatic rings.